The van der Waals surface area contributed by atoms with Gasteiger partial charge in [0.05, 0.1) is 5.69 Å². The van der Waals surface area contributed by atoms with Gasteiger partial charge in [-0.05, 0) is 39.2 Å². The normalized spacial score (nSPS) is 17.2. The molecule has 0 radical (unpaired) electrons. The highest BCUT2D eigenvalue weighted by molar-refractivity contribution is 5.08. The van der Waals surface area contributed by atoms with Crippen LogP contribution >= 0.6 is 0 Å². The number of rotatable bonds is 5. The van der Waals surface area contributed by atoms with Crippen LogP contribution in [0.4, 0.5) is 0 Å². The largest absolute Gasteiger partial charge is 0.308 e. The van der Waals surface area contributed by atoms with Gasteiger partial charge >= 0.3 is 0 Å². The van der Waals surface area contributed by atoms with E-state index in [9.17, 15) is 0 Å². The molecule has 0 amide bonds. The maximum Gasteiger partial charge on any atom is 0.0753 e. The van der Waals surface area contributed by atoms with Crippen molar-refractivity contribution in [1.82, 2.24) is 15.3 Å². The predicted molar refractivity (Wildman–Crippen MR) is 65.0 cm³/mol. The Morgan fingerprint density at radius 3 is 3.06 bits per heavy atom. The SMILES string of the molecule is CC(NCCC1=CCCC1)c1cnccn1. The number of aromatic nitrogens is 2. The van der Waals surface area contributed by atoms with Gasteiger partial charge in [-0.15, -0.1) is 0 Å². The Balaban J connectivity index is 1.73. The van der Waals surface area contributed by atoms with Crippen LogP contribution in [0.2, 0.25) is 0 Å². The van der Waals surface area contributed by atoms with Crippen molar-refractivity contribution < 1.29 is 0 Å². The van der Waals surface area contributed by atoms with E-state index in [0.29, 0.717) is 0 Å². The van der Waals surface area contributed by atoms with Gasteiger partial charge in [0.25, 0.3) is 0 Å². The maximum atomic E-state index is 4.29. The van der Waals surface area contributed by atoms with Crippen LogP contribution in [0, 0.1) is 0 Å². The van der Waals surface area contributed by atoms with Gasteiger partial charge in [-0.3, -0.25) is 9.97 Å². The summed E-state index contributed by atoms with van der Waals surface area (Å²) >= 11 is 0. The van der Waals surface area contributed by atoms with Gasteiger partial charge < -0.3 is 5.32 Å². The lowest BCUT2D eigenvalue weighted by Crippen LogP contribution is -2.21. The molecular weight excluding hydrogens is 198 g/mol. The molecule has 1 unspecified atom stereocenters. The molecule has 1 aliphatic rings. The zero-order chi connectivity index (χ0) is 11.2. The first-order valence-electron chi connectivity index (χ1n) is 6.03. The molecule has 0 aliphatic heterocycles. The second kappa shape index (κ2) is 5.75. The van der Waals surface area contributed by atoms with Crippen LogP contribution in [0.1, 0.15) is 44.3 Å². The lowest BCUT2D eigenvalue weighted by molar-refractivity contribution is 0.558. The minimum Gasteiger partial charge on any atom is -0.308 e. The summed E-state index contributed by atoms with van der Waals surface area (Å²) in [6.07, 6.45) is 12.7. The van der Waals surface area contributed by atoms with Crippen molar-refractivity contribution in [2.45, 2.75) is 38.6 Å². The molecule has 1 aromatic heterocycles. The molecule has 0 saturated carbocycles. The molecule has 86 valence electrons. The van der Waals surface area contributed by atoms with Crippen LogP contribution in [0.15, 0.2) is 30.2 Å². The van der Waals surface area contributed by atoms with E-state index >= 15 is 0 Å². The molecule has 3 nitrogen and oxygen atoms in total. The summed E-state index contributed by atoms with van der Waals surface area (Å²) in [5.41, 5.74) is 2.63. The molecule has 2 rings (SSSR count). The number of nitrogens with zero attached hydrogens (tertiary/aromatic N) is 2. The molecule has 0 spiro atoms. The number of nitrogens with one attached hydrogen (secondary N) is 1. The fourth-order valence-electron chi connectivity index (χ4n) is 2.05. The molecule has 1 atom stereocenters. The zero-order valence-electron chi connectivity index (χ0n) is 9.82. The first kappa shape index (κ1) is 11.3. The molecule has 1 N–H and O–H groups in total. The third kappa shape index (κ3) is 3.14. The van der Waals surface area contributed by atoms with Crippen LogP contribution in [-0.2, 0) is 0 Å². The van der Waals surface area contributed by atoms with Crippen molar-refractivity contribution in [2.24, 2.45) is 0 Å². The van der Waals surface area contributed by atoms with E-state index in [1.165, 1.54) is 25.7 Å². The summed E-state index contributed by atoms with van der Waals surface area (Å²) in [5.74, 6) is 0. The van der Waals surface area contributed by atoms with Crippen LogP contribution in [0.5, 0.6) is 0 Å². The van der Waals surface area contributed by atoms with Crippen molar-refractivity contribution in [1.29, 1.82) is 0 Å². The van der Waals surface area contributed by atoms with Gasteiger partial charge in [-0.1, -0.05) is 11.6 Å². The highest BCUT2D eigenvalue weighted by Crippen LogP contribution is 2.20. The van der Waals surface area contributed by atoms with E-state index in [0.717, 1.165) is 12.2 Å². The maximum absolute atomic E-state index is 4.29. The van der Waals surface area contributed by atoms with Crippen LogP contribution < -0.4 is 5.32 Å². The molecule has 0 bridgehead atoms. The Labute approximate surface area is 97.0 Å². The summed E-state index contributed by atoms with van der Waals surface area (Å²) in [7, 11) is 0. The fraction of sp³-hybridized carbons (Fsp3) is 0.538. The quantitative estimate of drug-likeness (QED) is 0.770. The number of hydrogen-bond acceptors (Lipinski definition) is 3. The molecule has 0 saturated heterocycles. The molecule has 0 fully saturated rings. The Bertz CT molecular complexity index is 345. The topological polar surface area (TPSA) is 37.8 Å². The van der Waals surface area contributed by atoms with E-state index in [2.05, 4.69) is 28.3 Å². The van der Waals surface area contributed by atoms with Crippen LogP contribution in [-0.4, -0.2) is 16.5 Å². The van der Waals surface area contributed by atoms with Crippen molar-refractivity contribution in [3.63, 3.8) is 0 Å². The molecule has 1 aromatic rings. The van der Waals surface area contributed by atoms with Gasteiger partial charge in [0.2, 0.25) is 0 Å². The number of hydrogen-bond donors (Lipinski definition) is 1. The smallest absolute Gasteiger partial charge is 0.0753 e. The zero-order valence-corrected chi connectivity index (χ0v) is 9.82. The minimum absolute atomic E-state index is 0.288. The van der Waals surface area contributed by atoms with Crippen molar-refractivity contribution in [3.05, 3.63) is 35.9 Å². The van der Waals surface area contributed by atoms with Gasteiger partial charge in [0, 0.05) is 24.6 Å². The van der Waals surface area contributed by atoms with Crippen molar-refractivity contribution >= 4 is 0 Å². The summed E-state index contributed by atoms with van der Waals surface area (Å²) in [4.78, 5) is 8.37. The summed E-state index contributed by atoms with van der Waals surface area (Å²) in [6.45, 7) is 3.16. The van der Waals surface area contributed by atoms with Crippen molar-refractivity contribution in [3.8, 4) is 0 Å². The van der Waals surface area contributed by atoms with Gasteiger partial charge in [0.15, 0.2) is 0 Å². The Morgan fingerprint density at radius 2 is 2.38 bits per heavy atom. The average molecular weight is 217 g/mol. The monoisotopic (exact) mass is 217 g/mol. The van der Waals surface area contributed by atoms with Crippen LogP contribution in [0.3, 0.4) is 0 Å². The third-order valence-electron chi connectivity index (χ3n) is 3.06. The second-order valence-electron chi connectivity index (χ2n) is 4.31. The van der Waals surface area contributed by atoms with E-state index in [4.69, 9.17) is 0 Å². The highest BCUT2D eigenvalue weighted by Gasteiger charge is 2.07. The van der Waals surface area contributed by atoms with Gasteiger partial charge in [-0.2, -0.15) is 0 Å². The van der Waals surface area contributed by atoms with E-state index in [1.54, 1.807) is 18.0 Å². The predicted octanol–water partition coefficient (Wildman–Crippen LogP) is 2.63. The molecule has 1 heterocycles. The Hall–Kier alpha value is -1.22. The first-order valence-corrected chi connectivity index (χ1v) is 6.03. The Kier molecular flexibility index (Phi) is 4.05. The summed E-state index contributed by atoms with van der Waals surface area (Å²) in [5, 5.41) is 3.48. The highest BCUT2D eigenvalue weighted by atomic mass is 14.9. The lowest BCUT2D eigenvalue weighted by Gasteiger charge is -2.12. The van der Waals surface area contributed by atoms with Crippen molar-refractivity contribution in [2.75, 3.05) is 6.54 Å². The van der Waals surface area contributed by atoms with E-state index in [1.807, 2.05) is 6.20 Å². The lowest BCUT2D eigenvalue weighted by atomic mass is 10.1. The average Bonchev–Trinajstić information content (AvgIpc) is 2.83. The third-order valence-corrected chi connectivity index (χ3v) is 3.06. The number of allylic oxidation sites excluding steroid dienone is 1. The summed E-state index contributed by atoms with van der Waals surface area (Å²) < 4.78 is 0. The fourth-order valence-corrected chi connectivity index (χ4v) is 2.05. The second-order valence-corrected chi connectivity index (χ2v) is 4.31. The van der Waals surface area contributed by atoms with Gasteiger partial charge in [-0.25, -0.2) is 0 Å². The first-order chi connectivity index (χ1) is 7.86. The molecule has 3 heteroatoms. The summed E-state index contributed by atoms with van der Waals surface area (Å²) in [6, 6.07) is 0.288. The molecular formula is C13H19N3. The Morgan fingerprint density at radius 1 is 1.44 bits per heavy atom. The minimum atomic E-state index is 0.288. The molecule has 16 heavy (non-hydrogen) atoms. The van der Waals surface area contributed by atoms with E-state index < -0.39 is 0 Å². The standard InChI is InChI=1S/C13H19N3/c1-11(13-10-14-8-9-16-13)15-7-6-12-4-2-3-5-12/h4,8-11,15H,2-3,5-7H2,1H3. The molecule has 1 aliphatic carbocycles. The molecule has 0 aromatic carbocycles. The van der Waals surface area contributed by atoms with Crippen LogP contribution in [0.25, 0.3) is 0 Å². The van der Waals surface area contributed by atoms with Gasteiger partial charge in [0.1, 0.15) is 0 Å². The van der Waals surface area contributed by atoms with E-state index in [-0.39, 0.29) is 6.04 Å².